The predicted molar refractivity (Wildman–Crippen MR) is 81.9 cm³/mol. The maximum absolute atomic E-state index is 10.9. The van der Waals surface area contributed by atoms with E-state index in [1.807, 2.05) is 24.3 Å². The van der Waals surface area contributed by atoms with Gasteiger partial charge in [0.15, 0.2) is 0 Å². The number of nitrogens with zero attached hydrogens (tertiary/aromatic N) is 1. The molecule has 0 radical (unpaired) electrons. The van der Waals surface area contributed by atoms with Crippen molar-refractivity contribution in [1.29, 1.82) is 0 Å². The van der Waals surface area contributed by atoms with Gasteiger partial charge in [0.05, 0.1) is 19.4 Å². The van der Waals surface area contributed by atoms with Crippen LogP contribution in [-0.4, -0.2) is 37.9 Å². The predicted octanol–water partition coefficient (Wildman–Crippen LogP) is 3.04. The molecule has 0 aliphatic carbocycles. The Morgan fingerprint density at radius 3 is 2.30 bits per heavy atom. The number of hydrogen-bond acceptors (Lipinski definition) is 4. The molecule has 0 atom stereocenters. The molecule has 0 aliphatic rings. The Bertz CT molecular complexity index is 429. The van der Waals surface area contributed by atoms with Crippen molar-refractivity contribution in [2.24, 2.45) is 0 Å². The van der Waals surface area contributed by atoms with Gasteiger partial charge in [-0.2, -0.15) is 0 Å². The van der Waals surface area contributed by atoms with Crippen molar-refractivity contribution in [2.75, 3.05) is 36.9 Å². The van der Waals surface area contributed by atoms with Crippen LogP contribution in [0.3, 0.4) is 0 Å². The first-order valence-corrected chi connectivity index (χ1v) is 7.16. The first-order chi connectivity index (χ1) is 9.71. The summed E-state index contributed by atoms with van der Waals surface area (Å²) in [5.74, 6) is 1.25. The quantitative estimate of drug-likeness (QED) is 0.320. The number of alkyl halides is 2. The number of esters is 1. The van der Waals surface area contributed by atoms with E-state index in [4.69, 9.17) is 27.9 Å². The molecule has 0 amide bonds. The third-order valence-corrected chi connectivity index (χ3v) is 2.86. The minimum absolute atomic E-state index is 0.461. The second-order valence-corrected chi connectivity index (χ2v) is 4.56. The van der Waals surface area contributed by atoms with Crippen LogP contribution < -0.4 is 9.64 Å². The number of methoxy groups -OCH3 is 1. The van der Waals surface area contributed by atoms with Crippen LogP contribution in [0.15, 0.2) is 36.6 Å². The van der Waals surface area contributed by atoms with E-state index < -0.39 is 5.97 Å². The van der Waals surface area contributed by atoms with Crippen LogP contribution in [0, 0.1) is 0 Å². The maximum atomic E-state index is 10.9. The molecule has 110 valence electrons. The van der Waals surface area contributed by atoms with Crippen LogP contribution >= 0.6 is 23.2 Å². The molecule has 6 heteroatoms. The van der Waals surface area contributed by atoms with Crippen LogP contribution in [0.1, 0.15) is 0 Å². The summed E-state index contributed by atoms with van der Waals surface area (Å²) in [4.78, 5) is 13.0. The highest BCUT2D eigenvalue weighted by molar-refractivity contribution is 6.18. The Hall–Kier alpha value is -1.39. The lowest BCUT2D eigenvalue weighted by Gasteiger charge is -2.22. The van der Waals surface area contributed by atoms with Gasteiger partial charge in [-0.15, -0.1) is 23.2 Å². The molecule has 1 aromatic rings. The highest BCUT2D eigenvalue weighted by Gasteiger charge is 2.05. The number of halogens is 2. The van der Waals surface area contributed by atoms with Crippen LogP contribution in [-0.2, 0) is 9.53 Å². The minimum Gasteiger partial charge on any atom is -0.466 e. The zero-order chi connectivity index (χ0) is 14.8. The summed E-state index contributed by atoms with van der Waals surface area (Å²) in [6.45, 7) is 1.47. The average molecular weight is 318 g/mol. The van der Waals surface area contributed by atoms with Gasteiger partial charge in [-0.05, 0) is 24.3 Å². The lowest BCUT2D eigenvalue weighted by atomic mass is 10.2. The number of carbonyl (C=O) groups excluding carboxylic acids is 1. The topological polar surface area (TPSA) is 38.8 Å². The lowest BCUT2D eigenvalue weighted by molar-refractivity contribution is -0.134. The summed E-state index contributed by atoms with van der Waals surface area (Å²) in [6.07, 6.45) is 2.50. The molecule has 0 heterocycles. The van der Waals surface area contributed by atoms with Gasteiger partial charge in [0.25, 0.3) is 0 Å². The monoisotopic (exact) mass is 317 g/mol. The molecule has 0 saturated carbocycles. The molecule has 0 unspecified atom stereocenters. The third-order valence-electron chi connectivity index (χ3n) is 2.52. The molecule has 1 aromatic carbocycles. The summed E-state index contributed by atoms with van der Waals surface area (Å²) < 4.78 is 9.74. The fourth-order valence-electron chi connectivity index (χ4n) is 1.55. The standard InChI is InChI=1S/C14H17Cl2NO3/c1-19-14(18)6-11-20-13-4-2-12(3-5-13)17(9-7-15)10-8-16/h2-6,11H,7-10H2,1H3/b11-6+. The lowest BCUT2D eigenvalue weighted by Crippen LogP contribution is -2.27. The van der Waals surface area contributed by atoms with Crippen molar-refractivity contribution in [2.45, 2.75) is 0 Å². The van der Waals surface area contributed by atoms with E-state index in [1.54, 1.807) is 0 Å². The van der Waals surface area contributed by atoms with Crippen molar-refractivity contribution < 1.29 is 14.3 Å². The molecule has 0 fully saturated rings. The first-order valence-electron chi connectivity index (χ1n) is 6.09. The molecular weight excluding hydrogens is 301 g/mol. The van der Waals surface area contributed by atoms with E-state index >= 15 is 0 Å². The second kappa shape index (κ2) is 9.50. The number of anilines is 1. The van der Waals surface area contributed by atoms with Gasteiger partial charge < -0.3 is 14.4 Å². The number of hydrogen-bond donors (Lipinski definition) is 0. The van der Waals surface area contributed by atoms with Gasteiger partial charge in [0.1, 0.15) is 5.75 Å². The summed E-state index contributed by atoms with van der Waals surface area (Å²) in [5.41, 5.74) is 1.02. The molecule has 0 aromatic heterocycles. The van der Waals surface area contributed by atoms with Crippen molar-refractivity contribution in [3.8, 4) is 5.75 Å². The minimum atomic E-state index is -0.461. The van der Waals surface area contributed by atoms with Crippen LogP contribution in [0.2, 0.25) is 0 Å². The number of carbonyl (C=O) groups is 1. The highest BCUT2D eigenvalue weighted by atomic mass is 35.5. The van der Waals surface area contributed by atoms with Crippen LogP contribution in [0.5, 0.6) is 5.75 Å². The van der Waals surface area contributed by atoms with E-state index in [1.165, 1.54) is 19.4 Å². The fourth-order valence-corrected chi connectivity index (χ4v) is 1.95. The average Bonchev–Trinajstić information content (AvgIpc) is 2.47. The summed E-state index contributed by atoms with van der Waals surface area (Å²) in [5, 5.41) is 0. The molecule has 0 spiro atoms. The summed E-state index contributed by atoms with van der Waals surface area (Å²) >= 11 is 11.5. The molecule has 1 rings (SSSR count). The van der Waals surface area contributed by atoms with Gasteiger partial charge >= 0.3 is 5.97 Å². The normalized spacial score (nSPS) is 10.6. The van der Waals surface area contributed by atoms with Crippen molar-refractivity contribution >= 4 is 34.9 Å². The van der Waals surface area contributed by atoms with Crippen molar-refractivity contribution in [3.63, 3.8) is 0 Å². The zero-order valence-corrected chi connectivity index (χ0v) is 12.7. The number of rotatable bonds is 8. The van der Waals surface area contributed by atoms with Gasteiger partial charge in [-0.3, -0.25) is 0 Å². The molecule has 20 heavy (non-hydrogen) atoms. The Morgan fingerprint density at radius 2 is 1.80 bits per heavy atom. The van der Waals surface area contributed by atoms with E-state index in [0.717, 1.165) is 18.8 Å². The van der Waals surface area contributed by atoms with E-state index in [0.29, 0.717) is 17.5 Å². The molecule has 0 N–H and O–H groups in total. The molecule has 0 bridgehead atoms. The largest absolute Gasteiger partial charge is 0.466 e. The van der Waals surface area contributed by atoms with Gasteiger partial charge in [0.2, 0.25) is 0 Å². The van der Waals surface area contributed by atoms with Crippen molar-refractivity contribution in [1.82, 2.24) is 0 Å². The van der Waals surface area contributed by atoms with E-state index in [2.05, 4.69) is 9.64 Å². The molecule has 0 saturated heterocycles. The van der Waals surface area contributed by atoms with Gasteiger partial charge in [0, 0.05) is 30.5 Å². The number of ether oxygens (including phenoxy) is 2. The van der Waals surface area contributed by atoms with Gasteiger partial charge in [-0.1, -0.05) is 0 Å². The Morgan fingerprint density at radius 1 is 1.20 bits per heavy atom. The summed E-state index contributed by atoms with van der Waals surface area (Å²) in [6, 6.07) is 7.46. The van der Waals surface area contributed by atoms with E-state index in [9.17, 15) is 4.79 Å². The Labute approximate surface area is 128 Å². The van der Waals surface area contributed by atoms with E-state index in [-0.39, 0.29) is 0 Å². The van der Waals surface area contributed by atoms with Gasteiger partial charge in [-0.25, -0.2) is 4.79 Å². The highest BCUT2D eigenvalue weighted by Crippen LogP contribution is 2.19. The van der Waals surface area contributed by atoms with Crippen LogP contribution in [0.4, 0.5) is 5.69 Å². The number of benzene rings is 1. The van der Waals surface area contributed by atoms with Crippen molar-refractivity contribution in [3.05, 3.63) is 36.6 Å². The first kappa shape index (κ1) is 16.7. The SMILES string of the molecule is COC(=O)/C=C/Oc1ccc(N(CCCl)CCCl)cc1. The molecular formula is C14H17Cl2NO3. The summed E-state index contributed by atoms with van der Waals surface area (Å²) in [7, 11) is 1.31. The fraction of sp³-hybridized carbons (Fsp3) is 0.357. The molecule has 0 aliphatic heterocycles. The smallest absolute Gasteiger partial charge is 0.333 e. The zero-order valence-electron chi connectivity index (χ0n) is 11.2. The van der Waals surface area contributed by atoms with Crippen LogP contribution in [0.25, 0.3) is 0 Å². The second-order valence-electron chi connectivity index (χ2n) is 3.80. The maximum Gasteiger partial charge on any atom is 0.333 e. The third kappa shape index (κ3) is 5.72. The Kier molecular flexibility index (Phi) is 7.92. The Balaban J connectivity index is 2.62. The molecule has 4 nitrogen and oxygen atoms in total.